The molecular formula is C23H27FN4O. The quantitative estimate of drug-likeness (QED) is 0.586. The number of rotatable bonds is 8. The fraction of sp³-hybridized carbons (Fsp3) is 0.304. The summed E-state index contributed by atoms with van der Waals surface area (Å²) in [5, 5.41) is 7.62. The third kappa shape index (κ3) is 5.51. The Bertz CT molecular complexity index is 946. The molecule has 0 spiro atoms. The maximum absolute atomic E-state index is 13.3. The van der Waals surface area contributed by atoms with Crippen LogP contribution in [-0.2, 0) is 0 Å². The molecule has 1 N–H and O–H groups in total. The van der Waals surface area contributed by atoms with Crippen LogP contribution in [0.4, 0.5) is 4.39 Å². The SMILES string of the molecule is Cc1ccc(-c2nn(-c3ccc(F)cc3)cc2C(=O)NCCCCN(C)C)cc1. The second-order valence-electron chi connectivity index (χ2n) is 7.44. The van der Waals surface area contributed by atoms with E-state index in [-0.39, 0.29) is 11.7 Å². The minimum atomic E-state index is -0.310. The molecule has 1 amide bonds. The molecule has 3 rings (SSSR count). The lowest BCUT2D eigenvalue weighted by Crippen LogP contribution is -2.25. The molecule has 0 aliphatic carbocycles. The Balaban J connectivity index is 1.84. The van der Waals surface area contributed by atoms with E-state index >= 15 is 0 Å². The summed E-state index contributed by atoms with van der Waals surface area (Å²) < 4.78 is 14.9. The summed E-state index contributed by atoms with van der Waals surface area (Å²) in [6.45, 7) is 3.62. The molecule has 2 aromatic carbocycles. The van der Waals surface area contributed by atoms with Crippen molar-refractivity contribution in [3.63, 3.8) is 0 Å². The number of carbonyl (C=O) groups excluding carboxylic acids is 1. The second-order valence-corrected chi connectivity index (χ2v) is 7.44. The van der Waals surface area contributed by atoms with Crippen molar-refractivity contribution in [2.24, 2.45) is 0 Å². The summed E-state index contributed by atoms with van der Waals surface area (Å²) >= 11 is 0. The highest BCUT2D eigenvalue weighted by atomic mass is 19.1. The number of halogens is 1. The van der Waals surface area contributed by atoms with Crippen LogP contribution in [-0.4, -0.2) is 47.8 Å². The number of hydrogen-bond donors (Lipinski definition) is 1. The maximum atomic E-state index is 13.3. The summed E-state index contributed by atoms with van der Waals surface area (Å²) in [5.74, 6) is -0.464. The first-order chi connectivity index (χ1) is 13.9. The van der Waals surface area contributed by atoms with E-state index in [1.165, 1.54) is 12.1 Å². The molecule has 152 valence electrons. The minimum absolute atomic E-state index is 0.154. The maximum Gasteiger partial charge on any atom is 0.255 e. The number of unbranched alkanes of at least 4 members (excludes halogenated alkanes) is 1. The molecule has 0 bridgehead atoms. The van der Waals surface area contributed by atoms with Gasteiger partial charge in [0.15, 0.2) is 0 Å². The zero-order valence-corrected chi connectivity index (χ0v) is 17.2. The van der Waals surface area contributed by atoms with Crippen LogP contribution in [0.5, 0.6) is 0 Å². The lowest BCUT2D eigenvalue weighted by Gasteiger charge is -2.09. The van der Waals surface area contributed by atoms with Crippen molar-refractivity contribution in [1.82, 2.24) is 20.0 Å². The molecule has 0 aliphatic rings. The first-order valence-electron chi connectivity index (χ1n) is 9.79. The molecule has 29 heavy (non-hydrogen) atoms. The van der Waals surface area contributed by atoms with Gasteiger partial charge in [-0.15, -0.1) is 0 Å². The van der Waals surface area contributed by atoms with Crippen LogP contribution in [0.2, 0.25) is 0 Å². The number of hydrogen-bond acceptors (Lipinski definition) is 3. The Morgan fingerprint density at radius 3 is 2.41 bits per heavy atom. The number of aryl methyl sites for hydroxylation is 1. The van der Waals surface area contributed by atoms with E-state index in [1.807, 2.05) is 45.3 Å². The first kappa shape index (κ1) is 20.7. The van der Waals surface area contributed by atoms with Crippen LogP contribution >= 0.6 is 0 Å². The van der Waals surface area contributed by atoms with E-state index in [0.717, 1.165) is 30.5 Å². The van der Waals surface area contributed by atoms with Crippen LogP contribution in [0.25, 0.3) is 16.9 Å². The number of nitrogens with zero attached hydrogens (tertiary/aromatic N) is 3. The molecule has 0 fully saturated rings. The fourth-order valence-corrected chi connectivity index (χ4v) is 3.04. The Kier molecular flexibility index (Phi) is 6.77. The summed E-state index contributed by atoms with van der Waals surface area (Å²) in [5.41, 5.74) is 3.82. The number of aromatic nitrogens is 2. The zero-order valence-electron chi connectivity index (χ0n) is 17.2. The van der Waals surface area contributed by atoms with Gasteiger partial charge in [0, 0.05) is 18.3 Å². The minimum Gasteiger partial charge on any atom is -0.352 e. The van der Waals surface area contributed by atoms with Gasteiger partial charge in [-0.3, -0.25) is 4.79 Å². The first-order valence-corrected chi connectivity index (χ1v) is 9.79. The third-order valence-electron chi connectivity index (χ3n) is 4.69. The van der Waals surface area contributed by atoms with Crippen molar-refractivity contribution in [2.45, 2.75) is 19.8 Å². The van der Waals surface area contributed by atoms with Crippen molar-refractivity contribution in [3.05, 3.63) is 71.7 Å². The van der Waals surface area contributed by atoms with Gasteiger partial charge < -0.3 is 10.2 Å². The van der Waals surface area contributed by atoms with Gasteiger partial charge in [0.1, 0.15) is 11.5 Å². The Morgan fingerprint density at radius 2 is 1.76 bits per heavy atom. The summed E-state index contributed by atoms with van der Waals surface area (Å²) in [4.78, 5) is 15.0. The molecule has 1 heterocycles. The number of amides is 1. The van der Waals surface area contributed by atoms with E-state index < -0.39 is 0 Å². The van der Waals surface area contributed by atoms with E-state index in [4.69, 9.17) is 0 Å². The lowest BCUT2D eigenvalue weighted by molar-refractivity contribution is 0.0953. The van der Waals surface area contributed by atoms with Crippen LogP contribution in [0, 0.1) is 12.7 Å². The van der Waals surface area contributed by atoms with E-state index in [9.17, 15) is 9.18 Å². The molecule has 0 saturated carbocycles. The highest BCUT2D eigenvalue weighted by Crippen LogP contribution is 2.24. The van der Waals surface area contributed by atoms with E-state index in [1.54, 1.807) is 23.0 Å². The van der Waals surface area contributed by atoms with Gasteiger partial charge in [0.2, 0.25) is 0 Å². The molecular weight excluding hydrogens is 367 g/mol. The van der Waals surface area contributed by atoms with E-state index in [0.29, 0.717) is 23.5 Å². The van der Waals surface area contributed by atoms with Crippen LogP contribution in [0.1, 0.15) is 28.8 Å². The monoisotopic (exact) mass is 394 g/mol. The summed E-state index contributed by atoms with van der Waals surface area (Å²) in [6, 6.07) is 14.0. The fourth-order valence-electron chi connectivity index (χ4n) is 3.04. The van der Waals surface area contributed by atoms with Gasteiger partial charge >= 0.3 is 0 Å². The molecule has 1 aromatic heterocycles. The molecule has 0 saturated heterocycles. The average molecular weight is 394 g/mol. The Hall–Kier alpha value is -2.99. The second kappa shape index (κ2) is 9.47. The molecule has 6 heteroatoms. The number of carbonyl (C=O) groups is 1. The molecule has 5 nitrogen and oxygen atoms in total. The molecule has 0 atom stereocenters. The van der Waals surface area contributed by atoms with Gasteiger partial charge in [-0.25, -0.2) is 9.07 Å². The largest absolute Gasteiger partial charge is 0.352 e. The van der Waals surface area contributed by atoms with Crippen molar-refractivity contribution < 1.29 is 9.18 Å². The Morgan fingerprint density at radius 1 is 1.07 bits per heavy atom. The Labute approximate surface area is 171 Å². The number of benzene rings is 2. The molecule has 3 aromatic rings. The van der Waals surface area contributed by atoms with Gasteiger partial charge in [-0.05, 0) is 64.7 Å². The van der Waals surface area contributed by atoms with Crippen molar-refractivity contribution in [2.75, 3.05) is 27.2 Å². The van der Waals surface area contributed by atoms with Gasteiger partial charge in [0.25, 0.3) is 5.91 Å². The molecule has 0 unspecified atom stereocenters. The summed E-state index contributed by atoms with van der Waals surface area (Å²) in [7, 11) is 4.08. The lowest BCUT2D eigenvalue weighted by atomic mass is 10.1. The zero-order chi connectivity index (χ0) is 20.8. The van der Waals surface area contributed by atoms with Crippen LogP contribution < -0.4 is 5.32 Å². The van der Waals surface area contributed by atoms with Gasteiger partial charge in [-0.1, -0.05) is 29.8 Å². The predicted molar refractivity (Wildman–Crippen MR) is 114 cm³/mol. The van der Waals surface area contributed by atoms with Crippen LogP contribution in [0.3, 0.4) is 0 Å². The topological polar surface area (TPSA) is 50.2 Å². The number of nitrogens with one attached hydrogen (secondary N) is 1. The standard InChI is InChI=1S/C23H27FN4O/c1-17-6-8-18(9-7-17)22-21(23(29)25-14-4-5-15-27(2)3)16-28(26-22)20-12-10-19(24)11-13-20/h6-13,16H,4-5,14-15H2,1-3H3,(H,25,29). The van der Waals surface area contributed by atoms with Gasteiger partial charge in [-0.2, -0.15) is 5.10 Å². The molecule has 0 aliphatic heterocycles. The van der Waals surface area contributed by atoms with Crippen molar-refractivity contribution >= 4 is 5.91 Å². The third-order valence-corrected chi connectivity index (χ3v) is 4.69. The smallest absolute Gasteiger partial charge is 0.255 e. The highest BCUT2D eigenvalue weighted by Gasteiger charge is 2.18. The van der Waals surface area contributed by atoms with Crippen molar-refractivity contribution in [1.29, 1.82) is 0 Å². The average Bonchev–Trinajstić information content (AvgIpc) is 3.14. The summed E-state index contributed by atoms with van der Waals surface area (Å²) in [6.07, 6.45) is 3.64. The predicted octanol–water partition coefficient (Wildman–Crippen LogP) is 4.06. The van der Waals surface area contributed by atoms with Gasteiger partial charge in [0.05, 0.1) is 11.3 Å². The normalized spacial score (nSPS) is 11.1. The van der Waals surface area contributed by atoms with Crippen LogP contribution in [0.15, 0.2) is 54.7 Å². The highest BCUT2D eigenvalue weighted by molar-refractivity contribution is 5.99. The van der Waals surface area contributed by atoms with E-state index in [2.05, 4.69) is 15.3 Å². The molecule has 0 radical (unpaired) electrons. The van der Waals surface area contributed by atoms with Crippen molar-refractivity contribution in [3.8, 4) is 16.9 Å².